The molecule has 0 heterocycles. The Bertz CT molecular complexity index is 222. The van der Waals surface area contributed by atoms with Crippen LogP contribution in [0.3, 0.4) is 0 Å². The van der Waals surface area contributed by atoms with Gasteiger partial charge in [0.2, 0.25) is 0 Å². The number of carbonyl (C=O) groups excluding carboxylic acids is 2. The highest BCUT2D eigenvalue weighted by atomic mass is 16.2. The first-order chi connectivity index (χ1) is 6.63. The van der Waals surface area contributed by atoms with Crippen molar-refractivity contribution in [2.75, 3.05) is 0 Å². The number of nitrogens with two attached hydrogens (primary N) is 1. The van der Waals surface area contributed by atoms with Gasteiger partial charge in [-0.15, -0.1) is 0 Å². The average molecular weight is 199 g/mol. The third-order valence-electron chi connectivity index (χ3n) is 2.69. The fourth-order valence-electron chi connectivity index (χ4n) is 1.72. The Morgan fingerprint density at radius 3 is 2.21 bits per heavy atom. The molecule has 0 spiro atoms. The second kappa shape index (κ2) is 4.95. The highest BCUT2D eigenvalue weighted by Gasteiger charge is 2.22. The van der Waals surface area contributed by atoms with Crippen LogP contribution in [-0.4, -0.2) is 17.9 Å². The molecule has 0 radical (unpaired) electrons. The summed E-state index contributed by atoms with van der Waals surface area (Å²) in [5.41, 5.74) is 1.81. The number of hydrogen-bond donors (Lipinski definition) is 3. The van der Waals surface area contributed by atoms with Gasteiger partial charge in [-0.25, -0.2) is 5.84 Å². The van der Waals surface area contributed by atoms with Gasteiger partial charge in [0.05, 0.1) is 0 Å². The van der Waals surface area contributed by atoms with Gasteiger partial charge in [-0.05, 0) is 31.6 Å². The van der Waals surface area contributed by atoms with Crippen molar-refractivity contribution in [3.63, 3.8) is 0 Å². The SMILES string of the molecule is CC1CCC(NC(=O)C(=O)NN)CC1. The van der Waals surface area contributed by atoms with Crippen molar-refractivity contribution in [1.29, 1.82) is 0 Å². The van der Waals surface area contributed by atoms with Crippen molar-refractivity contribution in [1.82, 2.24) is 10.7 Å². The van der Waals surface area contributed by atoms with Crippen molar-refractivity contribution in [2.24, 2.45) is 11.8 Å². The quantitative estimate of drug-likeness (QED) is 0.234. The predicted octanol–water partition coefficient (Wildman–Crippen LogP) is -0.329. The number of nitrogens with one attached hydrogen (secondary N) is 2. The zero-order chi connectivity index (χ0) is 10.6. The molecular weight excluding hydrogens is 182 g/mol. The average Bonchev–Trinajstić information content (AvgIpc) is 2.20. The summed E-state index contributed by atoms with van der Waals surface area (Å²) in [5.74, 6) is 4.16. The van der Waals surface area contributed by atoms with Gasteiger partial charge in [0.15, 0.2) is 0 Å². The Morgan fingerprint density at radius 2 is 1.71 bits per heavy atom. The molecule has 1 aliphatic carbocycles. The van der Waals surface area contributed by atoms with Crippen molar-refractivity contribution in [3.8, 4) is 0 Å². The fraction of sp³-hybridized carbons (Fsp3) is 0.778. The van der Waals surface area contributed by atoms with E-state index in [1.54, 1.807) is 0 Å². The molecule has 0 atom stereocenters. The summed E-state index contributed by atoms with van der Waals surface area (Å²) >= 11 is 0. The smallest absolute Gasteiger partial charge is 0.323 e. The van der Waals surface area contributed by atoms with Crippen molar-refractivity contribution in [3.05, 3.63) is 0 Å². The Kier molecular flexibility index (Phi) is 3.88. The van der Waals surface area contributed by atoms with E-state index < -0.39 is 11.8 Å². The minimum atomic E-state index is -0.774. The van der Waals surface area contributed by atoms with E-state index in [1.807, 2.05) is 5.43 Å². The molecule has 0 aliphatic heterocycles. The monoisotopic (exact) mass is 199 g/mol. The summed E-state index contributed by atoms with van der Waals surface area (Å²) < 4.78 is 0. The molecule has 0 unspecified atom stereocenters. The first-order valence-electron chi connectivity index (χ1n) is 4.95. The Morgan fingerprint density at radius 1 is 1.14 bits per heavy atom. The molecule has 80 valence electrons. The van der Waals surface area contributed by atoms with Gasteiger partial charge in [0, 0.05) is 6.04 Å². The van der Waals surface area contributed by atoms with Crippen LogP contribution in [0.15, 0.2) is 0 Å². The molecule has 2 amide bonds. The van der Waals surface area contributed by atoms with Crippen LogP contribution >= 0.6 is 0 Å². The number of carbonyl (C=O) groups is 2. The molecule has 1 saturated carbocycles. The van der Waals surface area contributed by atoms with Crippen molar-refractivity contribution >= 4 is 11.8 Å². The van der Waals surface area contributed by atoms with Gasteiger partial charge in [0.25, 0.3) is 0 Å². The molecule has 0 aromatic heterocycles. The van der Waals surface area contributed by atoms with Crippen LogP contribution in [0, 0.1) is 5.92 Å². The maximum Gasteiger partial charge on any atom is 0.323 e. The summed E-state index contributed by atoms with van der Waals surface area (Å²) in [6.07, 6.45) is 4.11. The third kappa shape index (κ3) is 2.99. The molecule has 1 aliphatic rings. The maximum absolute atomic E-state index is 11.1. The lowest BCUT2D eigenvalue weighted by Gasteiger charge is -2.26. The van der Waals surface area contributed by atoms with Crippen LogP contribution in [0.2, 0.25) is 0 Å². The summed E-state index contributed by atoms with van der Waals surface area (Å²) in [4.78, 5) is 21.9. The molecule has 0 saturated heterocycles. The fourth-order valence-corrected chi connectivity index (χ4v) is 1.72. The Hall–Kier alpha value is -1.10. The normalized spacial score (nSPS) is 26.7. The van der Waals surface area contributed by atoms with Crippen LogP contribution in [-0.2, 0) is 9.59 Å². The molecule has 0 aromatic carbocycles. The lowest BCUT2D eigenvalue weighted by Crippen LogP contribution is -2.47. The second-order valence-electron chi connectivity index (χ2n) is 3.90. The second-order valence-corrected chi connectivity index (χ2v) is 3.90. The molecular formula is C9H17N3O2. The lowest BCUT2D eigenvalue weighted by atomic mass is 9.87. The van der Waals surface area contributed by atoms with Gasteiger partial charge < -0.3 is 5.32 Å². The van der Waals surface area contributed by atoms with Crippen LogP contribution in [0.4, 0.5) is 0 Å². The molecule has 14 heavy (non-hydrogen) atoms. The Balaban J connectivity index is 2.31. The van der Waals surface area contributed by atoms with E-state index in [0.29, 0.717) is 0 Å². The van der Waals surface area contributed by atoms with Gasteiger partial charge in [-0.2, -0.15) is 0 Å². The molecule has 5 nitrogen and oxygen atoms in total. The van der Waals surface area contributed by atoms with E-state index in [9.17, 15) is 9.59 Å². The molecule has 5 heteroatoms. The van der Waals surface area contributed by atoms with Gasteiger partial charge in [0.1, 0.15) is 0 Å². The molecule has 1 fully saturated rings. The number of amides is 2. The highest BCUT2D eigenvalue weighted by Crippen LogP contribution is 2.23. The summed E-state index contributed by atoms with van der Waals surface area (Å²) in [6, 6.07) is 0.135. The van der Waals surface area contributed by atoms with E-state index in [0.717, 1.165) is 31.6 Å². The van der Waals surface area contributed by atoms with Crippen molar-refractivity contribution < 1.29 is 9.59 Å². The largest absolute Gasteiger partial charge is 0.345 e. The summed E-state index contributed by atoms with van der Waals surface area (Å²) in [7, 11) is 0. The van der Waals surface area contributed by atoms with E-state index in [1.165, 1.54) is 0 Å². The third-order valence-corrected chi connectivity index (χ3v) is 2.69. The topological polar surface area (TPSA) is 84.2 Å². The van der Waals surface area contributed by atoms with E-state index in [2.05, 4.69) is 12.2 Å². The van der Waals surface area contributed by atoms with Crippen LogP contribution in [0.5, 0.6) is 0 Å². The number of hydrogen-bond acceptors (Lipinski definition) is 3. The van der Waals surface area contributed by atoms with Crippen molar-refractivity contribution in [2.45, 2.75) is 38.6 Å². The minimum Gasteiger partial charge on any atom is -0.345 e. The maximum atomic E-state index is 11.1. The van der Waals surface area contributed by atoms with Gasteiger partial charge >= 0.3 is 11.8 Å². The summed E-state index contributed by atoms with van der Waals surface area (Å²) in [6.45, 7) is 2.20. The first-order valence-corrected chi connectivity index (χ1v) is 4.95. The molecule has 4 N–H and O–H groups in total. The number of rotatable bonds is 1. The van der Waals surface area contributed by atoms with E-state index in [4.69, 9.17) is 5.84 Å². The van der Waals surface area contributed by atoms with Gasteiger partial charge in [-0.3, -0.25) is 15.0 Å². The van der Waals surface area contributed by atoms with E-state index >= 15 is 0 Å². The van der Waals surface area contributed by atoms with Crippen LogP contribution in [0.1, 0.15) is 32.6 Å². The molecule has 1 rings (SSSR count). The van der Waals surface area contributed by atoms with Crippen LogP contribution < -0.4 is 16.6 Å². The first kappa shape index (κ1) is 11.0. The highest BCUT2D eigenvalue weighted by molar-refractivity contribution is 6.34. The number of hydrazine groups is 1. The van der Waals surface area contributed by atoms with Gasteiger partial charge in [-0.1, -0.05) is 6.92 Å². The zero-order valence-corrected chi connectivity index (χ0v) is 8.38. The summed E-state index contributed by atoms with van der Waals surface area (Å²) in [5, 5.41) is 2.66. The van der Waals surface area contributed by atoms with E-state index in [-0.39, 0.29) is 6.04 Å². The molecule has 0 bridgehead atoms. The zero-order valence-electron chi connectivity index (χ0n) is 8.38. The Labute approximate surface area is 83.4 Å². The minimum absolute atomic E-state index is 0.135. The predicted molar refractivity (Wildman–Crippen MR) is 51.9 cm³/mol. The van der Waals surface area contributed by atoms with Crippen LogP contribution in [0.25, 0.3) is 0 Å². The standard InChI is InChI=1S/C9H17N3O2/c1-6-2-4-7(5-3-6)11-8(13)9(14)12-10/h6-7H,2-5,10H2,1H3,(H,11,13)(H,12,14). The molecule has 0 aromatic rings. The lowest BCUT2D eigenvalue weighted by molar-refractivity contribution is -0.139.